The molecule has 5 heteroatoms. The van der Waals surface area contributed by atoms with Crippen molar-refractivity contribution in [2.24, 2.45) is 0 Å². The number of hydrogen-bond acceptors (Lipinski definition) is 2. The highest BCUT2D eigenvalue weighted by molar-refractivity contribution is 9.10. The lowest BCUT2D eigenvalue weighted by Crippen LogP contribution is -2.37. The fourth-order valence-electron chi connectivity index (χ4n) is 1.76. The monoisotopic (exact) mass is 327 g/mol. The average Bonchev–Trinajstić information content (AvgIpc) is 2.39. The van der Waals surface area contributed by atoms with E-state index in [1.165, 1.54) is 0 Å². The summed E-state index contributed by atoms with van der Waals surface area (Å²) < 4.78 is 0.955. The summed E-state index contributed by atoms with van der Waals surface area (Å²) in [6.07, 6.45) is 0. The van der Waals surface area contributed by atoms with E-state index in [4.69, 9.17) is 0 Å². The molecule has 1 aromatic rings. The Balaban J connectivity index is 2.41. The standard InChI is InChI=1S/C14H22BrN3O/c1-4-18(5-2)9-8-16-14(19)17-13-10-12(15)7-6-11(13)3/h6-7,10H,4-5,8-9H2,1-3H3,(H2,16,17,19). The molecule has 19 heavy (non-hydrogen) atoms. The largest absolute Gasteiger partial charge is 0.337 e. The summed E-state index contributed by atoms with van der Waals surface area (Å²) in [5, 5.41) is 5.73. The van der Waals surface area contributed by atoms with E-state index in [1.807, 2.05) is 25.1 Å². The van der Waals surface area contributed by atoms with E-state index in [0.29, 0.717) is 6.54 Å². The second-order valence-electron chi connectivity index (χ2n) is 4.37. The number of urea groups is 1. The van der Waals surface area contributed by atoms with Crippen molar-refractivity contribution in [3.8, 4) is 0 Å². The normalized spacial score (nSPS) is 10.6. The Kier molecular flexibility index (Phi) is 6.87. The van der Waals surface area contributed by atoms with Crippen LogP contribution in [0.15, 0.2) is 22.7 Å². The number of anilines is 1. The summed E-state index contributed by atoms with van der Waals surface area (Å²) in [6.45, 7) is 9.74. The number of likely N-dealkylation sites (N-methyl/N-ethyl adjacent to an activating group) is 1. The summed E-state index contributed by atoms with van der Waals surface area (Å²) in [5.74, 6) is 0. The Bertz CT molecular complexity index is 419. The van der Waals surface area contributed by atoms with Gasteiger partial charge < -0.3 is 15.5 Å². The van der Waals surface area contributed by atoms with Crippen LogP contribution < -0.4 is 10.6 Å². The fraction of sp³-hybridized carbons (Fsp3) is 0.500. The van der Waals surface area contributed by atoms with Crippen LogP contribution in [-0.2, 0) is 0 Å². The van der Waals surface area contributed by atoms with E-state index in [1.54, 1.807) is 0 Å². The van der Waals surface area contributed by atoms with E-state index < -0.39 is 0 Å². The highest BCUT2D eigenvalue weighted by Gasteiger charge is 2.05. The van der Waals surface area contributed by atoms with Gasteiger partial charge in [-0.3, -0.25) is 0 Å². The van der Waals surface area contributed by atoms with Gasteiger partial charge in [0, 0.05) is 23.2 Å². The van der Waals surface area contributed by atoms with Gasteiger partial charge in [0.15, 0.2) is 0 Å². The predicted molar refractivity (Wildman–Crippen MR) is 83.7 cm³/mol. The van der Waals surface area contributed by atoms with Crippen molar-refractivity contribution in [1.82, 2.24) is 10.2 Å². The van der Waals surface area contributed by atoms with Crippen LogP contribution in [0.25, 0.3) is 0 Å². The Morgan fingerprint density at radius 1 is 1.32 bits per heavy atom. The lowest BCUT2D eigenvalue weighted by atomic mass is 10.2. The average molecular weight is 328 g/mol. The molecule has 0 bridgehead atoms. The zero-order chi connectivity index (χ0) is 14.3. The number of rotatable bonds is 6. The number of carbonyl (C=O) groups is 1. The SMILES string of the molecule is CCN(CC)CCNC(=O)Nc1cc(Br)ccc1C. The zero-order valence-electron chi connectivity index (χ0n) is 11.8. The van der Waals surface area contributed by atoms with E-state index >= 15 is 0 Å². The summed E-state index contributed by atoms with van der Waals surface area (Å²) in [4.78, 5) is 14.0. The second-order valence-corrected chi connectivity index (χ2v) is 5.28. The fourth-order valence-corrected chi connectivity index (χ4v) is 2.12. The van der Waals surface area contributed by atoms with Crippen LogP contribution in [-0.4, -0.2) is 37.1 Å². The first-order chi connectivity index (χ1) is 9.06. The molecule has 0 aromatic heterocycles. The molecule has 0 unspecified atom stereocenters. The van der Waals surface area contributed by atoms with Crippen LogP contribution in [0.1, 0.15) is 19.4 Å². The molecule has 0 aliphatic heterocycles. The van der Waals surface area contributed by atoms with E-state index in [0.717, 1.165) is 35.4 Å². The van der Waals surface area contributed by atoms with Crippen molar-refractivity contribution in [3.05, 3.63) is 28.2 Å². The number of amides is 2. The highest BCUT2D eigenvalue weighted by Crippen LogP contribution is 2.20. The van der Waals surface area contributed by atoms with Crippen LogP contribution >= 0.6 is 15.9 Å². The smallest absolute Gasteiger partial charge is 0.319 e. The number of carbonyl (C=O) groups excluding carboxylic acids is 1. The molecule has 1 aromatic carbocycles. The van der Waals surface area contributed by atoms with Gasteiger partial charge in [0.05, 0.1) is 0 Å². The summed E-state index contributed by atoms with van der Waals surface area (Å²) in [6, 6.07) is 5.67. The van der Waals surface area contributed by atoms with Gasteiger partial charge >= 0.3 is 6.03 Å². The van der Waals surface area contributed by atoms with Crippen molar-refractivity contribution in [2.45, 2.75) is 20.8 Å². The molecule has 0 fully saturated rings. The van der Waals surface area contributed by atoms with Crippen LogP contribution in [0.3, 0.4) is 0 Å². The second kappa shape index (κ2) is 8.17. The summed E-state index contributed by atoms with van der Waals surface area (Å²) >= 11 is 3.40. The van der Waals surface area contributed by atoms with E-state index in [2.05, 4.69) is 45.3 Å². The molecule has 0 saturated carbocycles. The molecule has 0 aliphatic rings. The molecule has 0 saturated heterocycles. The van der Waals surface area contributed by atoms with Gasteiger partial charge in [-0.1, -0.05) is 35.8 Å². The lowest BCUT2D eigenvalue weighted by Gasteiger charge is -2.18. The third kappa shape index (κ3) is 5.61. The Hall–Kier alpha value is -1.07. The molecule has 0 aliphatic carbocycles. The van der Waals surface area contributed by atoms with Crippen LogP contribution in [0.5, 0.6) is 0 Å². The molecule has 4 nitrogen and oxygen atoms in total. The first-order valence-electron chi connectivity index (χ1n) is 6.60. The first kappa shape index (κ1) is 16.0. The van der Waals surface area contributed by atoms with Gasteiger partial charge in [-0.25, -0.2) is 4.79 Å². The van der Waals surface area contributed by atoms with E-state index in [-0.39, 0.29) is 6.03 Å². The van der Waals surface area contributed by atoms with Crippen molar-refractivity contribution in [2.75, 3.05) is 31.5 Å². The number of nitrogens with zero attached hydrogens (tertiary/aromatic N) is 1. The lowest BCUT2D eigenvalue weighted by molar-refractivity contribution is 0.248. The summed E-state index contributed by atoms with van der Waals surface area (Å²) in [5.41, 5.74) is 1.87. The number of nitrogens with one attached hydrogen (secondary N) is 2. The predicted octanol–water partition coefficient (Wildman–Crippen LogP) is 3.22. The molecule has 0 heterocycles. The van der Waals surface area contributed by atoms with Crippen molar-refractivity contribution in [1.29, 1.82) is 0 Å². The first-order valence-corrected chi connectivity index (χ1v) is 7.39. The highest BCUT2D eigenvalue weighted by atomic mass is 79.9. The molecule has 2 amide bonds. The van der Waals surface area contributed by atoms with Crippen LogP contribution in [0.2, 0.25) is 0 Å². The topological polar surface area (TPSA) is 44.4 Å². The van der Waals surface area contributed by atoms with Gasteiger partial charge in [-0.05, 0) is 37.7 Å². The zero-order valence-corrected chi connectivity index (χ0v) is 13.4. The Labute approximate surface area is 123 Å². The van der Waals surface area contributed by atoms with Gasteiger partial charge in [0.1, 0.15) is 0 Å². The maximum atomic E-state index is 11.8. The number of aryl methyl sites for hydroxylation is 1. The molecule has 2 N–H and O–H groups in total. The van der Waals surface area contributed by atoms with Crippen molar-refractivity contribution >= 4 is 27.6 Å². The minimum atomic E-state index is -0.159. The molecular formula is C14H22BrN3O. The minimum Gasteiger partial charge on any atom is -0.337 e. The quantitative estimate of drug-likeness (QED) is 0.842. The number of hydrogen-bond donors (Lipinski definition) is 2. The maximum absolute atomic E-state index is 11.8. The van der Waals surface area contributed by atoms with Crippen molar-refractivity contribution in [3.63, 3.8) is 0 Å². The van der Waals surface area contributed by atoms with Gasteiger partial charge in [-0.15, -0.1) is 0 Å². The molecular weight excluding hydrogens is 306 g/mol. The third-order valence-corrected chi connectivity index (χ3v) is 3.55. The summed E-state index contributed by atoms with van der Waals surface area (Å²) in [7, 11) is 0. The third-order valence-electron chi connectivity index (χ3n) is 3.06. The van der Waals surface area contributed by atoms with Crippen molar-refractivity contribution < 1.29 is 4.79 Å². The molecule has 0 spiro atoms. The van der Waals surface area contributed by atoms with Gasteiger partial charge in [0.25, 0.3) is 0 Å². The Morgan fingerprint density at radius 3 is 2.63 bits per heavy atom. The minimum absolute atomic E-state index is 0.159. The number of benzene rings is 1. The molecule has 0 atom stereocenters. The molecule has 0 radical (unpaired) electrons. The molecule has 106 valence electrons. The maximum Gasteiger partial charge on any atom is 0.319 e. The Morgan fingerprint density at radius 2 is 2.00 bits per heavy atom. The number of halogens is 1. The molecule has 1 rings (SSSR count). The van der Waals surface area contributed by atoms with Gasteiger partial charge in [-0.2, -0.15) is 0 Å². The van der Waals surface area contributed by atoms with Crippen LogP contribution in [0.4, 0.5) is 10.5 Å². The van der Waals surface area contributed by atoms with E-state index in [9.17, 15) is 4.79 Å². The van der Waals surface area contributed by atoms with Gasteiger partial charge in [0.2, 0.25) is 0 Å². The van der Waals surface area contributed by atoms with Crippen LogP contribution in [0, 0.1) is 6.92 Å².